The van der Waals surface area contributed by atoms with Gasteiger partial charge >= 0.3 is 5.97 Å². The van der Waals surface area contributed by atoms with E-state index in [0.29, 0.717) is 12.3 Å². The van der Waals surface area contributed by atoms with Crippen LogP contribution in [-0.4, -0.2) is 45.7 Å². The van der Waals surface area contributed by atoms with E-state index in [4.69, 9.17) is 9.84 Å². The normalized spacial score (nSPS) is 20.1. The molecule has 3 N–H and O–H groups in total. The second kappa shape index (κ2) is 6.33. The van der Waals surface area contributed by atoms with Gasteiger partial charge in [-0.15, -0.1) is 0 Å². The summed E-state index contributed by atoms with van der Waals surface area (Å²) in [6.45, 7) is 0.675. The summed E-state index contributed by atoms with van der Waals surface area (Å²) in [5, 5.41) is 11.6. The number of nitrogens with zero attached hydrogens (tertiary/aromatic N) is 1. The number of imidazole rings is 1. The number of rotatable bonds is 6. The number of aliphatic carboxylic acids is 1. The number of hydrogen-bond donors (Lipinski definition) is 3. The van der Waals surface area contributed by atoms with Crippen molar-refractivity contribution in [3.63, 3.8) is 0 Å². The Hall–Kier alpha value is -1.89. The maximum absolute atomic E-state index is 11.8. The van der Waals surface area contributed by atoms with Gasteiger partial charge in [-0.3, -0.25) is 4.79 Å². The Balaban J connectivity index is 1.85. The molecule has 1 amide bonds. The molecule has 1 aliphatic rings. The molecule has 1 aromatic heterocycles. The molecular formula is C12H17N3O4. The molecule has 0 spiro atoms. The number of H-pyrrole nitrogens is 1. The van der Waals surface area contributed by atoms with Gasteiger partial charge in [-0.05, 0) is 12.8 Å². The molecule has 1 aliphatic heterocycles. The minimum atomic E-state index is -1.06. The highest BCUT2D eigenvalue weighted by atomic mass is 16.5. The van der Waals surface area contributed by atoms with Crippen LogP contribution in [0.1, 0.15) is 25.0 Å². The summed E-state index contributed by atoms with van der Waals surface area (Å²) in [6, 6.07) is -0.950. The molecule has 104 valence electrons. The molecule has 7 nitrogen and oxygen atoms in total. The molecule has 1 saturated heterocycles. The molecular weight excluding hydrogens is 250 g/mol. The van der Waals surface area contributed by atoms with Gasteiger partial charge < -0.3 is 20.1 Å². The van der Waals surface area contributed by atoms with Crippen LogP contribution in [-0.2, 0) is 20.7 Å². The molecule has 0 radical (unpaired) electrons. The Morgan fingerprint density at radius 2 is 2.47 bits per heavy atom. The van der Waals surface area contributed by atoms with E-state index in [0.717, 1.165) is 12.8 Å². The van der Waals surface area contributed by atoms with Crippen molar-refractivity contribution in [2.24, 2.45) is 0 Å². The van der Waals surface area contributed by atoms with E-state index in [9.17, 15) is 9.59 Å². The van der Waals surface area contributed by atoms with E-state index < -0.39 is 12.0 Å². The van der Waals surface area contributed by atoms with Crippen LogP contribution in [0.25, 0.3) is 0 Å². The zero-order valence-electron chi connectivity index (χ0n) is 10.5. The Labute approximate surface area is 110 Å². The average molecular weight is 267 g/mol. The number of nitrogens with one attached hydrogen (secondary N) is 2. The van der Waals surface area contributed by atoms with Crippen LogP contribution < -0.4 is 5.32 Å². The SMILES string of the molecule is O=C(CC1CCCO1)N[C@@H](Cc1cnc[nH]1)C(=O)O. The first-order valence-electron chi connectivity index (χ1n) is 6.26. The molecule has 0 saturated carbocycles. The summed E-state index contributed by atoms with van der Waals surface area (Å²) in [7, 11) is 0. The molecule has 0 aliphatic carbocycles. The lowest BCUT2D eigenvalue weighted by atomic mass is 10.1. The van der Waals surface area contributed by atoms with Gasteiger partial charge in [-0.25, -0.2) is 9.78 Å². The smallest absolute Gasteiger partial charge is 0.326 e. The minimum absolute atomic E-state index is 0.0819. The molecule has 2 rings (SSSR count). The fourth-order valence-electron chi connectivity index (χ4n) is 2.08. The quantitative estimate of drug-likeness (QED) is 0.677. The predicted octanol–water partition coefficient (Wildman–Crippen LogP) is 0.0907. The summed E-state index contributed by atoms with van der Waals surface area (Å²) in [5.74, 6) is -1.35. The number of hydrogen-bond acceptors (Lipinski definition) is 4. The van der Waals surface area contributed by atoms with Gasteiger partial charge in [0.2, 0.25) is 5.91 Å². The Morgan fingerprint density at radius 1 is 1.63 bits per heavy atom. The van der Waals surface area contributed by atoms with Crippen LogP contribution in [0.15, 0.2) is 12.5 Å². The van der Waals surface area contributed by atoms with Crippen LogP contribution in [0.5, 0.6) is 0 Å². The summed E-state index contributed by atoms with van der Waals surface area (Å²) < 4.78 is 5.35. The molecule has 2 heterocycles. The van der Waals surface area contributed by atoms with E-state index in [2.05, 4.69) is 15.3 Å². The highest BCUT2D eigenvalue weighted by Crippen LogP contribution is 2.15. The van der Waals surface area contributed by atoms with Crippen molar-refractivity contribution in [3.8, 4) is 0 Å². The van der Waals surface area contributed by atoms with Gasteiger partial charge in [0.25, 0.3) is 0 Å². The number of aromatic nitrogens is 2. The third kappa shape index (κ3) is 4.06. The third-order valence-electron chi connectivity index (χ3n) is 3.05. The maximum atomic E-state index is 11.8. The second-order valence-corrected chi connectivity index (χ2v) is 4.58. The molecule has 19 heavy (non-hydrogen) atoms. The van der Waals surface area contributed by atoms with E-state index >= 15 is 0 Å². The molecule has 2 atom stereocenters. The van der Waals surface area contributed by atoms with Gasteiger partial charge in [0.15, 0.2) is 0 Å². The Bertz CT molecular complexity index is 426. The minimum Gasteiger partial charge on any atom is -0.480 e. The molecule has 0 bridgehead atoms. The standard InChI is InChI=1S/C12H17N3O4/c16-11(5-9-2-1-3-19-9)15-10(12(17)18)4-8-6-13-7-14-8/h6-7,9-10H,1-5H2,(H,13,14)(H,15,16)(H,17,18)/t9?,10-/m0/s1. The van der Waals surface area contributed by atoms with Crippen LogP contribution in [0.2, 0.25) is 0 Å². The topological polar surface area (TPSA) is 104 Å². The predicted molar refractivity (Wildman–Crippen MR) is 65.4 cm³/mol. The second-order valence-electron chi connectivity index (χ2n) is 4.58. The first-order valence-corrected chi connectivity index (χ1v) is 6.26. The van der Waals surface area contributed by atoms with Crippen molar-refractivity contribution in [1.82, 2.24) is 15.3 Å². The van der Waals surface area contributed by atoms with Crippen molar-refractivity contribution < 1.29 is 19.4 Å². The maximum Gasteiger partial charge on any atom is 0.326 e. The van der Waals surface area contributed by atoms with Crippen molar-refractivity contribution in [2.75, 3.05) is 6.61 Å². The van der Waals surface area contributed by atoms with Gasteiger partial charge in [-0.2, -0.15) is 0 Å². The van der Waals surface area contributed by atoms with Crippen LogP contribution >= 0.6 is 0 Å². The summed E-state index contributed by atoms with van der Waals surface area (Å²) >= 11 is 0. The molecule has 0 aromatic carbocycles. The number of amides is 1. The number of carboxylic acid groups (broad SMARTS) is 1. The number of carboxylic acids is 1. The van der Waals surface area contributed by atoms with Crippen molar-refractivity contribution in [3.05, 3.63) is 18.2 Å². The lowest BCUT2D eigenvalue weighted by Gasteiger charge is -2.15. The molecule has 7 heteroatoms. The number of aromatic amines is 1. The highest BCUT2D eigenvalue weighted by Gasteiger charge is 2.24. The van der Waals surface area contributed by atoms with Crippen molar-refractivity contribution in [1.29, 1.82) is 0 Å². The lowest BCUT2D eigenvalue weighted by molar-refractivity contribution is -0.142. The fraction of sp³-hybridized carbons (Fsp3) is 0.583. The van der Waals surface area contributed by atoms with Gasteiger partial charge in [0.1, 0.15) is 6.04 Å². The first kappa shape index (κ1) is 13.5. The summed E-state index contributed by atoms with van der Waals surface area (Å²) in [6.07, 6.45) is 5.14. The van der Waals surface area contributed by atoms with Gasteiger partial charge in [0, 0.05) is 24.9 Å². The van der Waals surface area contributed by atoms with Gasteiger partial charge in [-0.1, -0.05) is 0 Å². The monoisotopic (exact) mass is 267 g/mol. The zero-order chi connectivity index (χ0) is 13.7. The van der Waals surface area contributed by atoms with Crippen molar-refractivity contribution >= 4 is 11.9 Å². The van der Waals surface area contributed by atoms with Crippen LogP contribution in [0.3, 0.4) is 0 Å². The van der Waals surface area contributed by atoms with Crippen LogP contribution in [0.4, 0.5) is 0 Å². The van der Waals surface area contributed by atoms with Crippen molar-refractivity contribution in [2.45, 2.75) is 37.8 Å². The number of ether oxygens (including phenoxy) is 1. The van der Waals surface area contributed by atoms with E-state index in [-0.39, 0.29) is 24.9 Å². The highest BCUT2D eigenvalue weighted by molar-refractivity contribution is 5.83. The Morgan fingerprint density at radius 3 is 3.05 bits per heavy atom. The Kier molecular flexibility index (Phi) is 4.51. The van der Waals surface area contributed by atoms with Gasteiger partial charge in [0.05, 0.1) is 18.9 Å². The zero-order valence-corrected chi connectivity index (χ0v) is 10.5. The van der Waals surface area contributed by atoms with E-state index in [1.165, 1.54) is 6.33 Å². The first-order chi connectivity index (χ1) is 9.15. The van der Waals surface area contributed by atoms with E-state index in [1.807, 2.05) is 0 Å². The average Bonchev–Trinajstić information content (AvgIpc) is 3.00. The number of carbonyl (C=O) groups is 2. The molecule has 1 unspecified atom stereocenters. The third-order valence-corrected chi connectivity index (χ3v) is 3.05. The van der Waals surface area contributed by atoms with E-state index in [1.54, 1.807) is 6.20 Å². The fourth-order valence-corrected chi connectivity index (χ4v) is 2.08. The largest absolute Gasteiger partial charge is 0.480 e. The summed E-state index contributed by atoms with van der Waals surface area (Å²) in [5.41, 5.74) is 0.671. The summed E-state index contributed by atoms with van der Waals surface area (Å²) in [4.78, 5) is 29.5. The lowest BCUT2D eigenvalue weighted by Crippen LogP contribution is -2.43. The molecule has 1 aromatic rings. The number of carbonyl (C=O) groups excluding carboxylic acids is 1. The van der Waals surface area contributed by atoms with Crippen LogP contribution in [0, 0.1) is 0 Å². The molecule has 1 fully saturated rings.